The Morgan fingerprint density at radius 3 is 2.13 bits per heavy atom. The minimum absolute atomic E-state index is 0. The lowest BCUT2D eigenvalue weighted by molar-refractivity contribution is 0.0384. The summed E-state index contributed by atoms with van der Waals surface area (Å²) in [5.74, 6) is 0.727. The minimum atomic E-state index is 0. The van der Waals surface area contributed by atoms with Gasteiger partial charge in [0, 0.05) is 38.3 Å². The van der Waals surface area contributed by atoms with Crippen LogP contribution < -0.4 is 0 Å². The van der Waals surface area contributed by atoms with Crippen molar-refractivity contribution in [3.05, 3.63) is 71.3 Å². The lowest BCUT2D eigenvalue weighted by Gasteiger charge is -2.32. The summed E-state index contributed by atoms with van der Waals surface area (Å²) in [5.41, 5.74) is 3.62. The highest BCUT2D eigenvalue weighted by Crippen LogP contribution is 2.29. The fourth-order valence-electron chi connectivity index (χ4n) is 4.25. The maximum absolute atomic E-state index is 12.6. The van der Waals surface area contributed by atoms with E-state index in [1.54, 1.807) is 0 Å². The fourth-order valence-corrected chi connectivity index (χ4v) is 4.25. The van der Waals surface area contributed by atoms with Crippen molar-refractivity contribution in [3.63, 3.8) is 0 Å². The summed E-state index contributed by atoms with van der Waals surface area (Å²) >= 11 is 0. The average Bonchev–Trinajstić information content (AvgIpc) is 2.79. The topological polar surface area (TPSA) is 32.8 Å². The molecule has 2 fully saturated rings. The molecule has 6 heteroatoms. The molecule has 0 bridgehead atoms. The molecular formula is C24H32Cl2N2O2. The van der Waals surface area contributed by atoms with Crippen molar-refractivity contribution in [3.8, 4) is 0 Å². The number of hydrogen-bond acceptors (Lipinski definition) is 3. The van der Waals surface area contributed by atoms with Crippen LogP contribution in [0.25, 0.3) is 0 Å². The minimum Gasteiger partial charge on any atom is -0.379 e. The van der Waals surface area contributed by atoms with Gasteiger partial charge in [-0.3, -0.25) is 9.69 Å². The van der Waals surface area contributed by atoms with E-state index in [1.165, 1.54) is 11.1 Å². The second kappa shape index (κ2) is 12.3. The first-order chi connectivity index (χ1) is 13.8. The highest BCUT2D eigenvalue weighted by Gasteiger charge is 2.24. The molecule has 0 aromatic heterocycles. The molecule has 0 radical (unpaired) electrons. The number of benzene rings is 2. The molecule has 0 N–H and O–H groups in total. The normalized spacial score (nSPS) is 17.7. The largest absolute Gasteiger partial charge is 0.379 e. The van der Waals surface area contributed by atoms with E-state index in [-0.39, 0.29) is 30.7 Å². The molecule has 0 aliphatic carbocycles. The van der Waals surface area contributed by atoms with Crippen LogP contribution in [0.1, 0.15) is 40.2 Å². The quantitative estimate of drug-likeness (QED) is 0.675. The monoisotopic (exact) mass is 450 g/mol. The Hall–Kier alpha value is -1.59. The van der Waals surface area contributed by atoms with Crippen LogP contribution >= 0.6 is 24.8 Å². The molecule has 1 amide bonds. The molecule has 0 atom stereocenters. The lowest BCUT2D eigenvalue weighted by atomic mass is 9.88. The van der Waals surface area contributed by atoms with E-state index < -0.39 is 0 Å². The zero-order chi connectivity index (χ0) is 19.2. The van der Waals surface area contributed by atoms with E-state index >= 15 is 0 Å². The summed E-state index contributed by atoms with van der Waals surface area (Å²) in [6.07, 6.45) is 3.20. The van der Waals surface area contributed by atoms with Crippen molar-refractivity contribution in [2.75, 3.05) is 45.9 Å². The predicted octanol–water partition coefficient (Wildman–Crippen LogP) is 4.42. The first kappa shape index (κ1) is 24.7. The van der Waals surface area contributed by atoms with E-state index in [0.717, 1.165) is 70.8 Å². The summed E-state index contributed by atoms with van der Waals surface area (Å²) in [6, 6.07) is 18.8. The van der Waals surface area contributed by atoms with Crippen molar-refractivity contribution in [1.29, 1.82) is 0 Å². The van der Waals surface area contributed by atoms with Gasteiger partial charge in [-0.2, -0.15) is 0 Å². The second-order valence-electron chi connectivity index (χ2n) is 7.88. The average molecular weight is 451 g/mol. The second-order valence-corrected chi connectivity index (χ2v) is 7.88. The van der Waals surface area contributed by atoms with Crippen molar-refractivity contribution < 1.29 is 9.53 Å². The Morgan fingerprint density at radius 1 is 0.867 bits per heavy atom. The molecule has 164 valence electrons. The van der Waals surface area contributed by atoms with Crippen LogP contribution in [0.3, 0.4) is 0 Å². The molecule has 0 unspecified atom stereocenters. The van der Waals surface area contributed by atoms with Gasteiger partial charge in [0.25, 0.3) is 5.91 Å². The lowest BCUT2D eigenvalue weighted by Crippen LogP contribution is -2.38. The van der Waals surface area contributed by atoms with Crippen LogP contribution in [0.4, 0.5) is 0 Å². The molecule has 4 rings (SSSR count). The molecule has 2 aliphatic rings. The van der Waals surface area contributed by atoms with Crippen LogP contribution in [-0.4, -0.2) is 61.6 Å². The summed E-state index contributed by atoms with van der Waals surface area (Å²) in [5, 5.41) is 0. The molecule has 2 aromatic carbocycles. The van der Waals surface area contributed by atoms with Crippen LogP contribution in [0, 0.1) is 0 Å². The number of carbonyl (C=O) groups is 1. The van der Waals surface area contributed by atoms with E-state index in [4.69, 9.17) is 4.74 Å². The Morgan fingerprint density at radius 2 is 1.50 bits per heavy atom. The third-order valence-corrected chi connectivity index (χ3v) is 6.07. The number of hydrogen-bond donors (Lipinski definition) is 0. The third kappa shape index (κ3) is 6.45. The van der Waals surface area contributed by atoms with Gasteiger partial charge < -0.3 is 9.64 Å². The highest BCUT2D eigenvalue weighted by molar-refractivity contribution is 5.94. The molecule has 2 heterocycles. The molecule has 2 aromatic rings. The summed E-state index contributed by atoms with van der Waals surface area (Å²) in [7, 11) is 0. The standard InChI is InChI=1S/C24H30N2O2.2ClH/c27-24(23-4-2-1-3-5-23)26-14-11-22(12-15-26)21-8-6-20(7-9-21)10-13-25-16-18-28-19-17-25;;/h1-9,22H,10-19H2;2*1H. The van der Waals surface area contributed by atoms with Crippen LogP contribution in [0.15, 0.2) is 54.6 Å². The first-order valence-corrected chi connectivity index (χ1v) is 10.5. The number of amides is 1. The first-order valence-electron chi connectivity index (χ1n) is 10.5. The number of carbonyl (C=O) groups excluding carboxylic acids is 1. The van der Waals surface area contributed by atoms with E-state index in [9.17, 15) is 4.79 Å². The molecular weight excluding hydrogens is 419 g/mol. The Labute approximate surface area is 192 Å². The maximum Gasteiger partial charge on any atom is 0.253 e. The fraction of sp³-hybridized carbons (Fsp3) is 0.458. The molecule has 4 nitrogen and oxygen atoms in total. The zero-order valence-electron chi connectivity index (χ0n) is 17.4. The van der Waals surface area contributed by atoms with Crippen molar-refractivity contribution in [2.24, 2.45) is 0 Å². The van der Waals surface area contributed by atoms with E-state index in [1.807, 2.05) is 35.2 Å². The summed E-state index contributed by atoms with van der Waals surface area (Å²) in [6.45, 7) is 6.64. The number of nitrogens with zero attached hydrogens (tertiary/aromatic N) is 2. The Bertz CT molecular complexity index is 757. The SMILES string of the molecule is Cl.Cl.O=C(c1ccccc1)N1CCC(c2ccc(CCN3CCOCC3)cc2)CC1. The van der Waals surface area contributed by atoms with Crippen LogP contribution in [-0.2, 0) is 11.2 Å². The number of halogens is 2. The number of rotatable bonds is 5. The maximum atomic E-state index is 12.6. The van der Waals surface area contributed by atoms with Gasteiger partial charge in [0.15, 0.2) is 0 Å². The zero-order valence-corrected chi connectivity index (χ0v) is 19.0. The van der Waals surface area contributed by atoms with Crippen molar-refractivity contribution in [1.82, 2.24) is 9.80 Å². The van der Waals surface area contributed by atoms with Gasteiger partial charge in [-0.15, -0.1) is 24.8 Å². The molecule has 0 spiro atoms. The van der Waals surface area contributed by atoms with Crippen LogP contribution in [0.5, 0.6) is 0 Å². The van der Waals surface area contributed by atoms with Gasteiger partial charge in [-0.25, -0.2) is 0 Å². The highest BCUT2D eigenvalue weighted by atomic mass is 35.5. The van der Waals surface area contributed by atoms with Gasteiger partial charge in [0.2, 0.25) is 0 Å². The Kier molecular flexibility index (Phi) is 10.1. The van der Waals surface area contributed by atoms with Gasteiger partial charge in [0.05, 0.1) is 13.2 Å². The van der Waals surface area contributed by atoms with Crippen molar-refractivity contribution >= 4 is 30.7 Å². The Balaban J connectivity index is 0.00000160. The van der Waals surface area contributed by atoms with Gasteiger partial charge in [-0.05, 0) is 48.4 Å². The molecule has 30 heavy (non-hydrogen) atoms. The summed E-state index contributed by atoms with van der Waals surface area (Å²) < 4.78 is 5.42. The number of likely N-dealkylation sites (tertiary alicyclic amines) is 1. The number of ether oxygens (including phenoxy) is 1. The smallest absolute Gasteiger partial charge is 0.253 e. The number of piperidine rings is 1. The molecule has 2 aliphatic heterocycles. The van der Waals surface area contributed by atoms with Gasteiger partial charge in [-0.1, -0.05) is 42.5 Å². The molecule has 2 saturated heterocycles. The van der Waals surface area contributed by atoms with Crippen molar-refractivity contribution in [2.45, 2.75) is 25.2 Å². The van der Waals surface area contributed by atoms with Gasteiger partial charge in [0.1, 0.15) is 0 Å². The van der Waals surface area contributed by atoms with E-state index in [0.29, 0.717) is 5.92 Å². The van der Waals surface area contributed by atoms with Crippen LogP contribution in [0.2, 0.25) is 0 Å². The number of morpholine rings is 1. The summed E-state index contributed by atoms with van der Waals surface area (Å²) in [4.78, 5) is 17.1. The van der Waals surface area contributed by atoms with E-state index in [2.05, 4.69) is 29.2 Å². The molecule has 0 saturated carbocycles. The van der Waals surface area contributed by atoms with Gasteiger partial charge >= 0.3 is 0 Å². The predicted molar refractivity (Wildman–Crippen MR) is 126 cm³/mol. The third-order valence-electron chi connectivity index (χ3n) is 6.07.